The molecule has 0 aromatic carbocycles. The fraction of sp³-hybridized carbons (Fsp3) is 0.857. The van der Waals surface area contributed by atoms with Crippen LogP contribution in [0.1, 0.15) is 20.8 Å². The summed E-state index contributed by atoms with van der Waals surface area (Å²) in [5.74, 6) is -1.92. The highest BCUT2D eigenvalue weighted by Gasteiger charge is 2.29. The molecule has 0 aliphatic heterocycles. The van der Waals surface area contributed by atoms with Crippen LogP contribution in [0, 0.1) is 5.92 Å². The van der Waals surface area contributed by atoms with Crippen molar-refractivity contribution in [3.05, 3.63) is 0 Å². The van der Waals surface area contributed by atoms with Crippen LogP contribution in [0.2, 0.25) is 0 Å². The summed E-state index contributed by atoms with van der Waals surface area (Å²) >= 11 is 0. The van der Waals surface area contributed by atoms with Crippen molar-refractivity contribution in [1.82, 2.24) is 0 Å². The topological polar surface area (TPSA) is 71.4 Å². The predicted octanol–water partition coefficient (Wildman–Crippen LogP) is 0.530. The van der Waals surface area contributed by atoms with E-state index in [1.54, 1.807) is 0 Å². The average Bonchev–Trinajstić information content (AvgIpc) is 2.01. The SMILES string of the molecule is CCS(=O)(=O)C(C)C(C)C(=O)O. The van der Waals surface area contributed by atoms with Crippen molar-refractivity contribution in [1.29, 1.82) is 0 Å². The third-order valence-corrected chi connectivity index (χ3v) is 4.41. The Kier molecular flexibility index (Phi) is 3.70. The van der Waals surface area contributed by atoms with Gasteiger partial charge in [-0.2, -0.15) is 0 Å². The monoisotopic (exact) mass is 194 g/mol. The van der Waals surface area contributed by atoms with Crippen molar-refractivity contribution in [3.63, 3.8) is 0 Å². The number of hydrogen-bond donors (Lipinski definition) is 1. The lowest BCUT2D eigenvalue weighted by molar-refractivity contribution is -0.141. The highest BCUT2D eigenvalue weighted by Crippen LogP contribution is 2.12. The lowest BCUT2D eigenvalue weighted by Gasteiger charge is -2.14. The molecule has 0 aromatic rings. The lowest BCUT2D eigenvalue weighted by Crippen LogP contribution is -2.31. The molecule has 0 aliphatic rings. The van der Waals surface area contributed by atoms with Crippen LogP contribution < -0.4 is 0 Å². The molecule has 0 fully saturated rings. The molecule has 0 heterocycles. The van der Waals surface area contributed by atoms with Crippen molar-refractivity contribution < 1.29 is 18.3 Å². The van der Waals surface area contributed by atoms with Crippen LogP contribution in [0.25, 0.3) is 0 Å². The molecular weight excluding hydrogens is 180 g/mol. The minimum absolute atomic E-state index is 0.00815. The molecule has 2 atom stereocenters. The van der Waals surface area contributed by atoms with Gasteiger partial charge in [0.2, 0.25) is 0 Å². The Bertz CT molecular complexity index is 255. The zero-order chi connectivity index (χ0) is 9.94. The molecule has 0 aliphatic carbocycles. The van der Waals surface area contributed by atoms with Gasteiger partial charge >= 0.3 is 5.97 Å². The average molecular weight is 194 g/mol. The Morgan fingerprint density at radius 1 is 1.42 bits per heavy atom. The first-order valence-electron chi connectivity index (χ1n) is 3.77. The van der Waals surface area contributed by atoms with E-state index >= 15 is 0 Å². The van der Waals surface area contributed by atoms with Gasteiger partial charge < -0.3 is 5.11 Å². The maximum atomic E-state index is 11.2. The van der Waals surface area contributed by atoms with Crippen LogP contribution >= 0.6 is 0 Å². The Morgan fingerprint density at radius 2 is 1.83 bits per heavy atom. The summed E-state index contributed by atoms with van der Waals surface area (Å²) in [7, 11) is -3.22. The van der Waals surface area contributed by atoms with Crippen LogP contribution in [-0.4, -0.2) is 30.5 Å². The Hall–Kier alpha value is -0.580. The van der Waals surface area contributed by atoms with Gasteiger partial charge in [0.15, 0.2) is 9.84 Å². The van der Waals surface area contributed by atoms with Crippen molar-refractivity contribution >= 4 is 15.8 Å². The molecule has 72 valence electrons. The van der Waals surface area contributed by atoms with E-state index in [-0.39, 0.29) is 5.75 Å². The number of hydrogen-bond acceptors (Lipinski definition) is 3. The van der Waals surface area contributed by atoms with Gasteiger partial charge in [0, 0.05) is 5.75 Å². The fourth-order valence-corrected chi connectivity index (χ4v) is 2.04. The summed E-state index contributed by atoms with van der Waals surface area (Å²) in [6, 6.07) is 0. The van der Waals surface area contributed by atoms with E-state index in [2.05, 4.69) is 0 Å². The first-order valence-corrected chi connectivity index (χ1v) is 5.48. The van der Waals surface area contributed by atoms with E-state index in [0.29, 0.717) is 0 Å². The van der Waals surface area contributed by atoms with Crippen LogP contribution in [-0.2, 0) is 14.6 Å². The largest absolute Gasteiger partial charge is 0.481 e. The normalized spacial score (nSPS) is 16.9. The van der Waals surface area contributed by atoms with Gasteiger partial charge in [-0.3, -0.25) is 4.79 Å². The van der Waals surface area contributed by atoms with Gasteiger partial charge in [-0.05, 0) is 6.92 Å². The maximum Gasteiger partial charge on any atom is 0.307 e. The van der Waals surface area contributed by atoms with Crippen molar-refractivity contribution in [2.45, 2.75) is 26.0 Å². The number of carboxylic acids is 1. The molecule has 4 nitrogen and oxygen atoms in total. The van der Waals surface area contributed by atoms with Gasteiger partial charge in [-0.15, -0.1) is 0 Å². The van der Waals surface area contributed by atoms with Crippen molar-refractivity contribution in [2.75, 3.05) is 5.75 Å². The van der Waals surface area contributed by atoms with Gasteiger partial charge in [0.1, 0.15) is 0 Å². The lowest BCUT2D eigenvalue weighted by atomic mass is 10.1. The van der Waals surface area contributed by atoms with Crippen molar-refractivity contribution in [3.8, 4) is 0 Å². The molecular formula is C7H14O4S. The van der Waals surface area contributed by atoms with E-state index < -0.39 is 27.0 Å². The molecule has 0 rings (SSSR count). The molecule has 0 saturated carbocycles. The molecule has 2 unspecified atom stereocenters. The van der Waals surface area contributed by atoms with E-state index in [1.807, 2.05) is 0 Å². The first kappa shape index (κ1) is 11.4. The molecule has 0 spiro atoms. The van der Waals surface area contributed by atoms with Crippen molar-refractivity contribution in [2.24, 2.45) is 5.92 Å². The second kappa shape index (κ2) is 3.89. The second-order valence-electron chi connectivity index (χ2n) is 2.78. The third-order valence-electron chi connectivity index (χ3n) is 2.06. The molecule has 0 saturated heterocycles. The van der Waals surface area contributed by atoms with Gasteiger partial charge in [-0.1, -0.05) is 13.8 Å². The summed E-state index contributed by atoms with van der Waals surface area (Å²) < 4.78 is 22.4. The quantitative estimate of drug-likeness (QED) is 0.708. The number of rotatable bonds is 4. The summed E-state index contributed by atoms with van der Waals surface area (Å²) in [4.78, 5) is 10.4. The van der Waals surface area contributed by atoms with Crippen LogP contribution in [0.4, 0.5) is 0 Å². The zero-order valence-corrected chi connectivity index (χ0v) is 8.26. The Labute approximate surface area is 72.5 Å². The number of carboxylic acid groups (broad SMARTS) is 1. The first-order chi connectivity index (χ1) is 5.33. The molecule has 0 radical (unpaired) electrons. The Morgan fingerprint density at radius 3 is 2.08 bits per heavy atom. The zero-order valence-electron chi connectivity index (χ0n) is 7.44. The highest BCUT2D eigenvalue weighted by atomic mass is 32.2. The summed E-state index contributed by atoms with van der Waals surface area (Å²) in [5.41, 5.74) is 0. The fourth-order valence-electron chi connectivity index (χ4n) is 0.775. The van der Waals surface area contributed by atoms with Crippen LogP contribution in [0.3, 0.4) is 0 Å². The number of carbonyl (C=O) groups is 1. The second-order valence-corrected chi connectivity index (χ2v) is 5.43. The van der Waals surface area contributed by atoms with E-state index in [0.717, 1.165) is 0 Å². The third kappa shape index (κ3) is 2.48. The van der Waals surface area contributed by atoms with Gasteiger partial charge in [-0.25, -0.2) is 8.42 Å². The maximum absolute atomic E-state index is 11.2. The summed E-state index contributed by atoms with van der Waals surface area (Å²) in [6.45, 7) is 4.35. The summed E-state index contributed by atoms with van der Waals surface area (Å²) in [5, 5.41) is 7.74. The molecule has 12 heavy (non-hydrogen) atoms. The highest BCUT2D eigenvalue weighted by molar-refractivity contribution is 7.92. The molecule has 1 N–H and O–H groups in total. The smallest absolute Gasteiger partial charge is 0.307 e. The van der Waals surface area contributed by atoms with E-state index in [4.69, 9.17) is 5.11 Å². The van der Waals surface area contributed by atoms with Crippen LogP contribution in [0.15, 0.2) is 0 Å². The van der Waals surface area contributed by atoms with Crippen LogP contribution in [0.5, 0.6) is 0 Å². The number of aliphatic carboxylic acids is 1. The van der Waals surface area contributed by atoms with E-state index in [9.17, 15) is 13.2 Å². The van der Waals surface area contributed by atoms with Gasteiger partial charge in [0.05, 0.1) is 11.2 Å². The minimum Gasteiger partial charge on any atom is -0.481 e. The molecule has 0 bridgehead atoms. The summed E-state index contributed by atoms with van der Waals surface area (Å²) in [6.07, 6.45) is 0. The predicted molar refractivity (Wildman–Crippen MR) is 45.7 cm³/mol. The van der Waals surface area contributed by atoms with E-state index in [1.165, 1.54) is 20.8 Å². The molecule has 0 aromatic heterocycles. The number of sulfone groups is 1. The van der Waals surface area contributed by atoms with Gasteiger partial charge in [0.25, 0.3) is 0 Å². The standard InChI is InChI=1S/C7H14O4S/c1-4-12(10,11)6(3)5(2)7(8)9/h5-6H,4H2,1-3H3,(H,8,9). The minimum atomic E-state index is -3.22. The Balaban J connectivity index is 4.61. The molecule has 5 heteroatoms. The molecule has 0 amide bonds.